The van der Waals surface area contributed by atoms with Crippen molar-refractivity contribution in [1.29, 1.82) is 0 Å². The van der Waals surface area contributed by atoms with E-state index in [1.54, 1.807) is 11.3 Å². The summed E-state index contributed by atoms with van der Waals surface area (Å²) >= 11 is 1.70. The molecule has 0 atom stereocenters. The maximum atomic E-state index is 4.74. The number of hydrogen-bond acceptors (Lipinski definition) is 4. The Morgan fingerprint density at radius 3 is 2.53 bits per heavy atom. The maximum Gasteiger partial charge on any atom is 0.172 e. The van der Waals surface area contributed by atoms with Crippen LogP contribution in [-0.2, 0) is 0 Å². The minimum Gasteiger partial charge on any atom is -0.370 e. The van der Waals surface area contributed by atoms with Gasteiger partial charge in [0.1, 0.15) is 5.82 Å². The molecule has 2 aromatic rings. The van der Waals surface area contributed by atoms with E-state index in [2.05, 4.69) is 51.4 Å². The van der Waals surface area contributed by atoms with E-state index >= 15 is 0 Å². The largest absolute Gasteiger partial charge is 0.370 e. The lowest BCUT2D eigenvalue weighted by atomic mass is 10.0. The van der Waals surface area contributed by atoms with Gasteiger partial charge in [-0.05, 0) is 43.7 Å². The van der Waals surface area contributed by atoms with Crippen molar-refractivity contribution in [1.82, 2.24) is 9.97 Å². The molecule has 0 aliphatic rings. The van der Waals surface area contributed by atoms with E-state index < -0.39 is 0 Å². The first-order chi connectivity index (χ1) is 9.04. The van der Waals surface area contributed by atoms with E-state index in [1.807, 2.05) is 0 Å². The Morgan fingerprint density at radius 1 is 1.26 bits per heavy atom. The smallest absolute Gasteiger partial charge is 0.172 e. The van der Waals surface area contributed by atoms with Gasteiger partial charge in [-0.1, -0.05) is 13.8 Å². The summed E-state index contributed by atoms with van der Waals surface area (Å²) in [6.07, 6.45) is 0. The summed E-state index contributed by atoms with van der Waals surface area (Å²) in [4.78, 5) is 10.6. The highest BCUT2D eigenvalue weighted by molar-refractivity contribution is 7.13. The summed E-state index contributed by atoms with van der Waals surface area (Å²) in [6.45, 7) is 11.5. The fraction of sp³-hybridized carbons (Fsp3) is 0.467. The topological polar surface area (TPSA) is 37.8 Å². The fourth-order valence-corrected chi connectivity index (χ4v) is 3.14. The van der Waals surface area contributed by atoms with Crippen molar-refractivity contribution in [3.63, 3.8) is 0 Å². The predicted molar refractivity (Wildman–Crippen MR) is 83.1 cm³/mol. The van der Waals surface area contributed by atoms with Crippen LogP contribution in [0.15, 0.2) is 11.4 Å². The average molecular weight is 275 g/mol. The molecule has 0 saturated carbocycles. The van der Waals surface area contributed by atoms with Crippen LogP contribution in [0.1, 0.15) is 43.5 Å². The summed E-state index contributed by atoms with van der Waals surface area (Å²) in [6, 6.07) is 2.11. The van der Waals surface area contributed by atoms with E-state index in [0.29, 0.717) is 5.92 Å². The molecule has 0 spiro atoms. The van der Waals surface area contributed by atoms with Crippen LogP contribution in [-0.4, -0.2) is 16.5 Å². The van der Waals surface area contributed by atoms with Gasteiger partial charge >= 0.3 is 0 Å². The Morgan fingerprint density at radius 2 is 2.00 bits per heavy atom. The molecule has 102 valence electrons. The molecule has 0 bridgehead atoms. The van der Waals surface area contributed by atoms with Gasteiger partial charge in [0, 0.05) is 17.8 Å². The molecule has 0 fully saturated rings. The molecule has 0 aromatic carbocycles. The van der Waals surface area contributed by atoms with Crippen LogP contribution in [0.2, 0.25) is 0 Å². The number of anilines is 1. The summed E-state index contributed by atoms with van der Waals surface area (Å²) in [5.41, 5.74) is 3.53. The minimum absolute atomic E-state index is 0.424. The number of aromatic nitrogens is 2. The van der Waals surface area contributed by atoms with Crippen molar-refractivity contribution >= 4 is 17.2 Å². The van der Waals surface area contributed by atoms with Gasteiger partial charge in [-0.2, -0.15) is 0 Å². The van der Waals surface area contributed by atoms with E-state index in [0.717, 1.165) is 28.8 Å². The normalized spacial score (nSPS) is 11.1. The molecule has 1 N–H and O–H groups in total. The molecule has 19 heavy (non-hydrogen) atoms. The van der Waals surface area contributed by atoms with E-state index in [1.165, 1.54) is 11.1 Å². The third-order valence-corrected chi connectivity index (χ3v) is 4.14. The molecule has 0 radical (unpaired) electrons. The first-order valence-corrected chi connectivity index (χ1v) is 7.59. The summed E-state index contributed by atoms with van der Waals surface area (Å²) in [7, 11) is 0. The zero-order valence-electron chi connectivity index (χ0n) is 12.2. The van der Waals surface area contributed by atoms with Gasteiger partial charge in [0.2, 0.25) is 0 Å². The molecule has 0 saturated heterocycles. The molecule has 0 aliphatic heterocycles. The van der Waals surface area contributed by atoms with Crippen LogP contribution in [0.5, 0.6) is 0 Å². The van der Waals surface area contributed by atoms with Crippen molar-refractivity contribution in [2.24, 2.45) is 0 Å². The lowest BCUT2D eigenvalue weighted by Gasteiger charge is -2.16. The predicted octanol–water partition coefficient (Wildman–Crippen LogP) is 4.38. The Labute approximate surface area is 119 Å². The first-order valence-electron chi connectivity index (χ1n) is 6.71. The quantitative estimate of drug-likeness (QED) is 0.900. The van der Waals surface area contributed by atoms with Crippen molar-refractivity contribution < 1.29 is 0 Å². The Hall–Kier alpha value is -1.42. The van der Waals surface area contributed by atoms with E-state index in [-0.39, 0.29) is 0 Å². The minimum atomic E-state index is 0.424. The van der Waals surface area contributed by atoms with Crippen molar-refractivity contribution in [3.8, 4) is 10.7 Å². The van der Waals surface area contributed by atoms with Gasteiger partial charge in [0.25, 0.3) is 0 Å². The van der Waals surface area contributed by atoms with Gasteiger partial charge < -0.3 is 5.32 Å². The highest BCUT2D eigenvalue weighted by Crippen LogP contribution is 2.31. The summed E-state index contributed by atoms with van der Waals surface area (Å²) in [5, 5.41) is 5.46. The molecule has 2 aromatic heterocycles. The summed E-state index contributed by atoms with van der Waals surface area (Å²) < 4.78 is 0. The van der Waals surface area contributed by atoms with Crippen LogP contribution in [0.4, 0.5) is 5.82 Å². The number of nitrogens with zero attached hydrogens (tertiary/aromatic N) is 2. The van der Waals surface area contributed by atoms with E-state index in [4.69, 9.17) is 9.97 Å². The number of thiophene rings is 1. The molecule has 3 nitrogen and oxygen atoms in total. The lowest BCUT2D eigenvalue weighted by Crippen LogP contribution is -2.09. The van der Waals surface area contributed by atoms with Crippen molar-refractivity contribution in [3.05, 3.63) is 28.3 Å². The standard InChI is InChI=1S/C15H21N3S/c1-6-16-14-12(9(2)3)11(5)17-15(18-14)13-10(4)7-8-19-13/h7-9H,6H2,1-5H3,(H,16,17,18). The monoisotopic (exact) mass is 275 g/mol. The second kappa shape index (κ2) is 5.70. The average Bonchev–Trinajstić information content (AvgIpc) is 2.74. The molecule has 0 amide bonds. The number of rotatable bonds is 4. The number of nitrogens with one attached hydrogen (secondary N) is 1. The van der Waals surface area contributed by atoms with Gasteiger partial charge in [-0.3, -0.25) is 0 Å². The number of aryl methyl sites for hydroxylation is 2. The van der Waals surface area contributed by atoms with Gasteiger partial charge in [0.05, 0.1) is 4.88 Å². The first kappa shape index (κ1) is 14.0. The molecular weight excluding hydrogens is 254 g/mol. The van der Waals surface area contributed by atoms with Gasteiger partial charge in [-0.15, -0.1) is 11.3 Å². The molecule has 0 aliphatic carbocycles. The van der Waals surface area contributed by atoms with Crippen LogP contribution < -0.4 is 5.32 Å². The lowest BCUT2D eigenvalue weighted by molar-refractivity contribution is 0.831. The highest BCUT2D eigenvalue weighted by Gasteiger charge is 2.16. The van der Waals surface area contributed by atoms with E-state index in [9.17, 15) is 0 Å². The second-order valence-electron chi connectivity index (χ2n) is 5.01. The second-order valence-corrected chi connectivity index (χ2v) is 5.93. The molecule has 2 heterocycles. The third-order valence-electron chi connectivity index (χ3n) is 3.12. The molecule has 2 rings (SSSR count). The fourth-order valence-electron chi connectivity index (χ4n) is 2.28. The SMILES string of the molecule is CCNc1nc(-c2sccc2C)nc(C)c1C(C)C. The van der Waals surface area contributed by atoms with Crippen molar-refractivity contribution in [2.45, 2.75) is 40.5 Å². The zero-order chi connectivity index (χ0) is 14.0. The van der Waals surface area contributed by atoms with Crippen LogP contribution >= 0.6 is 11.3 Å². The third kappa shape index (κ3) is 2.78. The van der Waals surface area contributed by atoms with Crippen LogP contribution in [0.3, 0.4) is 0 Å². The van der Waals surface area contributed by atoms with Crippen LogP contribution in [0.25, 0.3) is 10.7 Å². The Balaban J connectivity index is 2.57. The number of hydrogen-bond donors (Lipinski definition) is 1. The highest BCUT2D eigenvalue weighted by atomic mass is 32.1. The molecule has 4 heteroatoms. The van der Waals surface area contributed by atoms with Gasteiger partial charge in [-0.25, -0.2) is 9.97 Å². The molecular formula is C15H21N3S. The van der Waals surface area contributed by atoms with Crippen molar-refractivity contribution in [2.75, 3.05) is 11.9 Å². The summed E-state index contributed by atoms with van der Waals surface area (Å²) in [5.74, 6) is 2.24. The Bertz CT molecular complexity index is 573. The maximum absolute atomic E-state index is 4.74. The molecule has 0 unspecified atom stereocenters. The Kier molecular flexibility index (Phi) is 4.20. The van der Waals surface area contributed by atoms with Gasteiger partial charge in [0.15, 0.2) is 5.82 Å². The van der Waals surface area contributed by atoms with Crippen LogP contribution in [0, 0.1) is 13.8 Å². The zero-order valence-corrected chi connectivity index (χ0v) is 13.1.